The quantitative estimate of drug-likeness (QED) is 0.715. The highest BCUT2D eigenvalue weighted by atomic mass is 16.5. The van der Waals surface area contributed by atoms with E-state index in [0.717, 1.165) is 18.4 Å². The van der Waals surface area contributed by atoms with Crippen molar-refractivity contribution in [2.75, 3.05) is 13.2 Å². The minimum atomic E-state index is -1.03. The molecule has 1 amide bonds. The Labute approximate surface area is 148 Å². The van der Waals surface area contributed by atoms with Crippen molar-refractivity contribution >= 4 is 11.9 Å². The van der Waals surface area contributed by atoms with Crippen LogP contribution in [0.1, 0.15) is 44.6 Å². The summed E-state index contributed by atoms with van der Waals surface area (Å²) in [6, 6.07) is 8.75. The van der Waals surface area contributed by atoms with Crippen LogP contribution in [-0.2, 0) is 25.7 Å². The smallest absolute Gasteiger partial charge is 0.326 e. The van der Waals surface area contributed by atoms with E-state index in [0.29, 0.717) is 39.1 Å². The summed E-state index contributed by atoms with van der Waals surface area (Å²) < 4.78 is 11.4. The lowest BCUT2D eigenvalue weighted by Gasteiger charge is -2.36. The Morgan fingerprint density at radius 2 is 1.96 bits per heavy atom. The van der Waals surface area contributed by atoms with E-state index in [9.17, 15) is 14.7 Å². The molecule has 1 aliphatic rings. The molecule has 0 spiro atoms. The molecule has 6 nitrogen and oxygen atoms in total. The Bertz CT molecular complexity index is 554. The number of carboxylic acid groups (broad SMARTS) is 1. The monoisotopic (exact) mass is 349 g/mol. The third-order valence-corrected chi connectivity index (χ3v) is 4.52. The Hall–Kier alpha value is -1.92. The molecule has 1 atom stereocenters. The number of nitrogens with one attached hydrogen (secondary N) is 1. The van der Waals surface area contributed by atoms with Crippen molar-refractivity contribution in [3.8, 4) is 0 Å². The Morgan fingerprint density at radius 3 is 2.56 bits per heavy atom. The van der Waals surface area contributed by atoms with Gasteiger partial charge >= 0.3 is 5.97 Å². The van der Waals surface area contributed by atoms with E-state index in [1.54, 1.807) is 0 Å². The molecule has 1 aromatic carbocycles. The third-order valence-electron chi connectivity index (χ3n) is 4.52. The van der Waals surface area contributed by atoms with Crippen LogP contribution in [0.5, 0.6) is 0 Å². The first-order valence-electron chi connectivity index (χ1n) is 8.87. The standard InChI is InChI=1S/C19H27NO5/c1-2-3-9-16(17(21)22)20-18(23)19(10-12-24-13-11-19)25-14-15-7-5-4-6-8-15/h4-8,16H,2-3,9-14H2,1H3,(H,20,23)(H,21,22). The summed E-state index contributed by atoms with van der Waals surface area (Å²) >= 11 is 0. The minimum absolute atomic E-state index is 0.307. The molecule has 0 aliphatic carbocycles. The number of aliphatic carboxylic acids is 1. The van der Waals surface area contributed by atoms with E-state index in [-0.39, 0.29) is 5.91 Å². The van der Waals surface area contributed by atoms with Gasteiger partial charge in [-0.2, -0.15) is 0 Å². The van der Waals surface area contributed by atoms with Crippen LogP contribution in [0.3, 0.4) is 0 Å². The van der Waals surface area contributed by atoms with Crippen LogP contribution in [0, 0.1) is 0 Å². The van der Waals surface area contributed by atoms with E-state index >= 15 is 0 Å². The third kappa shape index (κ3) is 5.54. The van der Waals surface area contributed by atoms with Gasteiger partial charge in [0, 0.05) is 26.1 Å². The number of benzene rings is 1. The number of carbonyl (C=O) groups is 2. The maximum Gasteiger partial charge on any atom is 0.326 e. The number of ether oxygens (including phenoxy) is 2. The molecule has 1 heterocycles. The molecule has 2 N–H and O–H groups in total. The summed E-state index contributed by atoms with van der Waals surface area (Å²) in [6.07, 6.45) is 2.89. The van der Waals surface area contributed by atoms with Gasteiger partial charge in [-0.1, -0.05) is 50.1 Å². The molecule has 2 rings (SSSR count). The summed E-state index contributed by atoms with van der Waals surface area (Å²) in [5.74, 6) is -1.36. The van der Waals surface area contributed by atoms with Crippen molar-refractivity contribution in [1.82, 2.24) is 5.32 Å². The second-order valence-corrected chi connectivity index (χ2v) is 6.39. The highest BCUT2D eigenvalue weighted by Crippen LogP contribution is 2.27. The number of unbranched alkanes of at least 4 members (excludes halogenated alkanes) is 1. The summed E-state index contributed by atoms with van der Waals surface area (Å²) in [4.78, 5) is 24.3. The number of rotatable bonds is 9. The fourth-order valence-corrected chi connectivity index (χ4v) is 2.89. The van der Waals surface area contributed by atoms with Crippen molar-refractivity contribution in [2.45, 2.75) is 57.3 Å². The van der Waals surface area contributed by atoms with Crippen LogP contribution >= 0.6 is 0 Å². The second-order valence-electron chi connectivity index (χ2n) is 6.39. The molecule has 1 fully saturated rings. The topological polar surface area (TPSA) is 84.9 Å². The van der Waals surface area contributed by atoms with Crippen LogP contribution in [0.4, 0.5) is 0 Å². The first-order chi connectivity index (χ1) is 12.1. The van der Waals surface area contributed by atoms with E-state index in [1.165, 1.54) is 0 Å². The van der Waals surface area contributed by atoms with E-state index < -0.39 is 17.6 Å². The van der Waals surface area contributed by atoms with Crippen LogP contribution in [0.15, 0.2) is 30.3 Å². The Kier molecular flexibility index (Phi) is 7.40. The Morgan fingerprint density at radius 1 is 1.28 bits per heavy atom. The van der Waals surface area contributed by atoms with Gasteiger partial charge in [-0.15, -0.1) is 0 Å². The first kappa shape index (κ1) is 19.4. The van der Waals surface area contributed by atoms with Gasteiger partial charge < -0.3 is 19.9 Å². The number of carbonyl (C=O) groups excluding carboxylic acids is 1. The van der Waals surface area contributed by atoms with Gasteiger partial charge in [0.15, 0.2) is 5.60 Å². The second kappa shape index (κ2) is 9.53. The van der Waals surface area contributed by atoms with Gasteiger partial charge in [-0.25, -0.2) is 4.79 Å². The molecule has 25 heavy (non-hydrogen) atoms. The van der Waals surface area contributed by atoms with Crippen molar-refractivity contribution in [3.63, 3.8) is 0 Å². The zero-order valence-corrected chi connectivity index (χ0v) is 14.7. The van der Waals surface area contributed by atoms with Crippen LogP contribution in [0.25, 0.3) is 0 Å². The number of hydrogen-bond donors (Lipinski definition) is 2. The molecule has 1 saturated heterocycles. The van der Waals surface area contributed by atoms with E-state index in [4.69, 9.17) is 9.47 Å². The molecule has 1 unspecified atom stereocenters. The summed E-state index contributed by atoms with van der Waals surface area (Å²) in [6.45, 7) is 3.15. The van der Waals surface area contributed by atoms with Gasteiger partial charge in [0.1, 0.15) is 6.04 Å². The average Bonchev–Trinajstić information content (AvgIpc) is 2.64. The maximum atomic E-state index is 12.9. The molecular weight excluding hydrogens is 322 g/mol. The highest BCUT2D eigenvalue weighted by molar-refractivity contribution is 5.89. The number of hydrogen-bond acceptors (Lipinski definition) is 4. The molecular formula is C19H27NO5. The first-order valence-corrected chi connectivity index (χ1v) is 8.87. The lowest BCUT2D eigenvalue weighted by molar-refractivity contribution is -0.166. The van der Waals surface area contributed by atoms with Crippen molar-refractivity contribution in [2.24, 2.45) is 0 Å². The average molecular weight is 349 g/mol. The number of carboxylic acids is 1. The molecule has 0 aromatic heterocycles. The van der Waals surface area contributed by atoms with Gasteiger partial charge in [0.2, 0.25) is 0 Å². The minimum Gasteiger partial charge on any atom is -0.480 e. The van der Waals surface area contributed by atoms with E-state index in [2.05, 4.69) is 5.32 Å². The fourth-order valence-electron chi connectivity index (χ4n) is 2.89. The summed E-state index contributed by atoms with van der Waals surface area (Å²) in [5, 5.41) is 12.0. The lowest BCUT2D eigenvalue weighted by Crippen LogP contribution is -2.56. The van der Waals surface area contributed by atoms with E-state index in [1.807, 2.05) is 37.3 Å². The number of amides is 1. The van der Waals surface area contributed by atoms with Crippen LogP contribution < -0.4 is 5.32 Å². The zero-order valence-electron chi connectivity index (χ0n) is 14.7. The predicted octanol–water partition coefficient (Wildman–Crippen LogP) is 2.51. The summed E-state index contributed by atoms with van der Waals surface area (Å²) in [7, 11) is 0. The molecule has 1 aliphatic heterocycles. The SMILES string of the molecule is CCCCC(NC(=O)C1(OCc2ccccc2)CCOCC1)C(=O)O. The van der Waals surface area contributed by atoms with Crippen LogP contribution in [-0.4, -0.2) is 41.8 Å². The Balaban J connectivity index is 2.06. The van der Waals surface area contributed by atoms with Crippen molar-refractivity contribution < 1.29 is 24.2 Å². The van der Waals surface area contributed by atoms with Crippen molar-refractivity contribution in [3.05, 3.63) is 35.9 Å². The van der Waals surface area contributed by atoms with Crippen LogP contribution in [0.2, 0.25) is 0 Å². The predicted molar refractivity (Wildman–Crippen MR) is 93.1 cm³/mol. The maximum absolute atomic E-state index is 12.9. The highest BCUT2D eigenvalue weighted by Gasteiger charge is 2.42. The van der Waals surface area contributed by atoms with Gasteiger partial charge in [-0.05, 0) is 12.0 Å². The zero-order chi connectivity index (χ0) is 18.1. The largest absolute Gasteiger partial charge is 0.480 e. The molecule has 0 bridgehead atoms. The fraction of sp³-hybridized carbons (Fsp3) is 0.579. The van der Waals surface area contributed by atoms with Gasteiger partial charge in [0.25, 0.3) is 5.91 Å². The molecule has 6 heteroatoms. The normalized spacial score (nSPS) is 17.6. The molecule has 138 valence electrons. The molecule has 1 aromatic rings. The van der Waals surface area contributed by atoms with Crippen molar-refractivity contribution in [1.29, 1.82) is 0 Å². The molecule has 0 radical (unpaired) electrons. The van der Waals surface area contributed by atoms with Gasteiger partial charge in [-0.3, -0.25) is 4.79 Å². The lowest BCUT2D eigenvalue weighted by atomic mass is 9.92. The summed E-state index contributed by atoms with van der Waals surface area (Å²) in [5.41, 5.74) is -0.0597. The molecule has 0 saturated carbocycles. The van der Waals surface area contributed by atoms with Gasteiger partial charge in [0.05, 0.1) is 6.61 Å².